The molecule has 0 fully saturated rings. The normalized spacial score (nSPS) is 17.4. The lowest BCUT2D eigenvalue weighted by atomic mass is 10.0. The van der Waals surface area contributed by atoms with Gasteiger partial charge in [0.1, 0.15) is 0 Å². The second kappa shape index (κ2) is 8.20. The number of amides is 3. The molecule has 158 valence electrons. The molecule has 0 aliphatic carbocycles. The van der Waals surface area contributed by atoms with Crippen molar-refractivity contribution < 1.29 is 19.1 Å². The lowest BCUT2D eigenvalue weighted by Crippen LogP contribution is -2.40. The SMILES string of the molecule is O=C1Nc2ccccc2N=C(c2ccccc2)C1OCCN1C(=O)c2ccccc2C1=O. The number of rotatable bonds is 5. The largest absolute Gasteiger partial charge is 0.360 e. The molecule has 32 heavy (non-hydrogen) atoms. The average molecular weight is 425 g/mol. The van der Waals surface area contributed by atoms with Crippen molar-refractivity contribution in [2.45, 2.75) is 6.10 Å². The Kier molecular flexibility index (Phi) is 5.09. The fourth-order valence-corrected chi connectivity index (χ4v) is 3.87. The van der Waals surface area contributed by atoms with E-state index in [1.807, 2.05) is 48.5 Å². The zero-order chi connectivity index (χ0) is 22.1. The van der Waals surface area contributed by atoms with Gasteiger partial charge < -0.3 is 10.1 Å². The van der Waals surface area contributed by atoms with E-state index in [0.29, 0.717) is 28.2 Å². The summed E-state index contributed by atoms with van der Waals surface area (Å²) in [6, 6.07) is 23.3. The monoisotopic (exact) mass is 425 g/mol. The zero-order valence-electron chi connectivity index (χ0n) is 17.0. The fourth-order valence-electron chi connectivity index (χ4n) is 3.87. The summed E-state index contributed by atoms with van der Waals surface area (Å²) in [7, 11) is 0. The maximum absolute atomic E-state index is 13.0. The van der Waals surface area contributed by atoms with Gasteiger partial charge in [-0.2, -0.15) is 0 Å². The standard InChI is InChI=1S/C25H19N3O4/c29-23-22(32-15-14-28-24(30)17-10-4-5-11-18(17)25(28)31)21(16-8-2-1-3-9-16)26-19-12-6-7-13-20(19)27-23/h1-13,22H,14-15H2,(H,27,29). The predicted octanol–water partition coefficient (Wildman–Crippen LogP) is 3.44. The molecule has 7 heteroatoms. The Morgan fingerprint density at radius 1 is 0.812 bits per heavy atom. The summed E-state index contributed by atoms with van der Waals surface area (Å²) in [5, 5.41) is 2.86. The number of para-hydroxylation sites is 2. The minimum Gasteiger partial charge on any atom is -0.360 e. The first kappa shape index (κ1) is 19.8. The van der Waals surface area contributed by atoms with Crippen molar-refractivity contribution in [3.8, 4) is 0 Å². The van der Waals surface area contributed by atoms with Gasteiger partial charge in [0.05, 0.1) is 41.4 Å². The second-order valence-corrected chi connectivity index (χ2v) is 7.43. The van der Waals surface area contributed by atoms with Gasteiger partial charge >= 0.3 is 0 Å². The van der Waals surface area contributed by atoms with Gasteiger partial charge in [-0.05, 0) is 29.8 Å². The number of hydrogen-bond donors (Lipinski definition) is 1. The van der Waals surface area contributed by atoms with Crippen LogP contribution < -0.4 is 5.32 Å². The van der Waals surface area contributed by atoms with E-state index in [1.165, 1.54) is 0 Å². The third kappa shape index (κ3) is 3.48. The number of aliphatic imine (C=N–C) groups is 1. The molecule has 0 saturated carbocycles. The van der Waals surface area contributed by atoms with Crippen LogP contribution >= 0.6 is 0 Å². The summed E-state index contributed by atoms with van der Waals surface area (Å²) in [6.07, 6.45) is -1.00. The van der Waals surface area contributed by atoms with Gasteiger partial charge in [-0.25, -0.2) is 4.99 Å². The van der Waals surface area contributed by atoms with Crippen LogP contribution in [0.4, 0.5) is 11.4 Å². The molecule has 0 spiro atoms. The maximum Gasteiger partial charge on any atom is 0.261 e. The molecule has 5 rings (SSSR count). The van der Waals surface area contributed by atoms with Gasteiger partial charge in [-0.1, -0.05) is 54.6 Å². The molecule has 1 unspecified atom stereocenters. The minimum absolute atomic E-state index is 0.00818. The molecule has 2 heterocycles. The number of carbonyl (C=O) groups is 3. The molecule has 0 radical (unpaired) electrons. The van der Waals surface area contributed by atoms with Crippen molar-refractivity contribution in [2.75, 3.05) is 18.5 Å². The number of carbonyl (C=O) groups excluding carboxylic acids is 3. The van der Waals surface area contributed by atoms with Crippen LogP contribution in [0, 0.1) is 0 Å². The lowest BCUT2D eigenvalue weighted by Gasteiger charge is -2.20. The molecular formula is C25H19N3O4. The molecule has 2 aliphatic heterocycles. The van der Waals surface area contributed by atoms with Gasteiger partial charge in [0.25, 0.3) is 17.7 Å². The van der Waals surface area contributed by atoms with E-state index in [2.05, 4.69) is 5.32 Å². The first-order valence-electron chi connectivity index (χ1n) is 10.2. The zero-order valence-corrected chi connectivity index (χ0v) is 17.0. The molecular weight excluding hydrogens is 406 g/mol. The number of anilines is 1. The summed E-state index contributed by atoms with van der Waals surface area (Å²) in [4.78, 5) is 44.1. The highest BCUT2D eigenvalue weighted by molar-refractivity contribution is 6.22. The number of nitrogens with one attached hydrogen (secondary N) is 1. The van der Waals surface area contributed by atoms with Crippen LogP contribution in [0.25, 0.3) is 0 Å². The van der Waals surface area contributed by atoms with Crippen molar-refractivity contribution in [3.63, 3.8) is 0 Å². The highest BCUT2D eigenvalue weighted by atomic mass is 16.5. The third-order valence-electron chi connectivity index (χ3n) is 5.44. The second-order valence-electron chi connectivity index (χ2n) is 7.43. The molecule has 7 nitrogen and oxygen atoms in total. The van der Waals surface area contributed by atoms with Crippen LogP contribution in [0.5, 0.6) is 0 Å². The summed E-state index contributed by atoms with van der Waals surface area (Å²) < 4.78 is 5.94. The molecule has 1 atom stereocenters. The quantitative estimate of drug-likeness (QED) is 0.635. The Labute approximate surface area is 184 Å². The third-order valence-corrected chi connectivity index (χ3v) is 5.44. The molecule has 0 saturated heterocycles. The number of ether oxygens (including phenoxy) is 1. The van der Waals surface area contributed by atoms with Crippen molar-refractivity contribution in [2.24, 2.45) is 4.99 Å². The average Bonchev–Trinajstić information content (AvgIpc) is 2.97. The van der Waals surface area contributed by atoms with Crippen molar-refractivity contribution >= 4 is 34.8 Å². The molecule has 1 N–H and O–H groups in total. The summed E-state index contributed by atoms with van der Waals surface area (Å²) >= 11 is 0. The highest BCUT2D eigenvalue weighted by Gasteiger charge is 2.36. The number of imide groups is 1. The molecule has 3 amide bonds. The smallest absolute Gasteiger partial charge is 0.261 e. The van der Waals surface area contributed by atoms with Gasteiger partial charge in [0, 0.05) is 0 Å². The fraction of sp³-hybridized carbons (Fsp3) is 0.120. The Bertz CT molecular complexity index is 1220. The Morgan fingerprint density at radius 3 is 2.16 bits per heavy atom. The van der Waals surface area contributed by atoms with E-state index in [4.69, 9.17) is 9.73 Å². The maximum atomic E-state index is 13.0. The Morgan fingerprint density at radius 2 is 1.44 bits per heavy atom. The van der Waals surface area contributed by atoms with Crippen LogP contribution in [0.3, 0.4) is 0 Å². The van der Waals surface area contributed by atoms with Crippen LogP contribution in [0.1, 0.15) is 26.3 Å². The van der Waals surface area contributed by atoms with Crippen LogP contribution in [-0.4, -0.2) is 47.6 Å². The first-order valence-corrected chi connectivity index (χ1v) is 10.2. The van der Waals surface area contributed by atoms with Crippen molar-refractivity contribution in [3.05, 3.63) is 95.6 Å². The predicted molar refractivity (Wildman–Crippen MR) is 119 cm³/mol. The van der Waals surface area contributed by atoms with Crippen molar-refractivity contribution in [1.29, 1.82) is 0 Å². The Balaban J connectivity index is 1.38. The molecule has 0 bridgehead atoms. The van der Waals surface area contributed by atoms with E-state index in [9.17, 15) is 14.4 Å². The molecule has 3 aromatic rings. The van der Waals surface area contributed by atoms with E-state index in [0.717, 1.165) is 10.5 Å². The van der Waals surface area contributed by atoms with E-state index >= 15 is 0 Å². The first-order chi connectivity index (χ1) is 15.6. The van der Waals surface area contributed by atoms with E-state index in [-0.39, 0.29) is 30.9 Å². The van der Waals surface area contributed by atoms with Crippen LogP contribution in [-0.2, 0) is 9.53 Å². The molecule has 2 aliphatic rings. The van der Waals surface area contributed by atoms with Crippen LogP contribution in [0.15, 0.2) is 83.9 Å². The Hall–Kier alpha value is -4.10. The van der Waals surface area contributed by atoms with Crippen molar-refractivity contribution in [1.82, 2.24) is 4.90 Å². The van der Waals surface area contributed by atoms with Crippen LogP contribution in [0.2, 0.25) is 0 Å². The lowest BCUT2D eigenvalue weighted by molar-refractivity contribution is -0.123. The summed E-state index contributed by atoms with van der Waals surface area (Å²) in [5.41, 5.74) is 3.21. The summed E-state index contributed by atoms with van der Waals surface area (Å²) in [5.74, 6) is -1.08. The highest BCUT2D eigenvalue weighted by Crippen LogP contribution is 2.29. The minimum atomic E-state index is -1.00. The molecule has 3 aromatic carbocycles. The molecule has 0 aromatic heterocycles. The topological polar surface area (TPSA) is 88.1 Å². The number of hydrogen-bond acceptors (Lipinski definition) is 5. The van der Waals surface area contributed by atoms with Gasteiger partial charge in [-0.3, -0.25) is 19.3 Å². The van der Waals surface area contributed by atoms with E-state index < -0.39 is 6.10 Å². The number of benzene rings is 3. The van der Waals surface area contributed by atoms with E-state index in [1.54, 1.807) is 30.3 Å². The summed E-state index contributed by atoms with van der Waals surface area (Å²) in [6.45, 7) is 0.0247. The van der Waals surface area contributed by atoms with Gasteiger partial charge in [-0.15, -0.1) is 0 Å². The van der Waals surface area contributed by atoms with Gasteiger partial charge in [0.15, 0.2) is 6.10 Å². The number of nitrogens with zero attached hydrogens (tertiary/aromatic N) is 2. The number of fused-ring (bicyclic) bond motifs is 2. The van der Waals surface area contributed by atoms with Gasteiger partial charge in [0.2, 0.25) is 0 Å².